The Morgan fingerprint density at radius 2 is 1.95 bits per heavy atom. The zero-order chi connectivity index (χ0) is 15.6. The molecule has 0 aromatic heterocycles. The predicted octanol–water partition coefficient (Wildman–Crippen LogP) is 4.17. The van der Waals surface area contributed by atoms with Crippen LogP contribution in [0.5, 0.6) is 0 Å². The Labute approximate surface area is 121 Å². The smallest absolute Gasteiger partial charge is 0.417 e. The Balaban J connectivity index is 2.41. The molecule has 0 radical (unpaired) electrons. The number of nitrogens with zero attached hydrogens (tertiary/aromatic N) is 1. The van der Waals surface area contributed by atoms with Gasteiger partial charge in [-0.15, -0.1) is 0 Å². The summed E-state index contributed by atoms with van der Waals surface area (Å²) in [7, 11) is 0. The van der Waals surface area contributed by atoms with Crippen molar-refractivity contribution in [1.29, 1.82) is 0 Å². The number of carboxylic acids is 1. The van der Waals surface area contributed by atoms with Crippen LogP contribution in [-0.2, 0) is 6.18 Å². The molecule has 1 aliphatic rings. The molecule has 1 aromatic rings. The molecule has 0 aliphatic heterocycles. The third-order valence-corrected chi connectivity index (χ3v) is 3.98. The zero-order valence-electron chi connectivity index (χ0n) is 11.8. The van der Waals surface area contributed by atoms with Gasteiger partial charge in [0.15, 0.2) is 0 Å². The van der Waals surface area contributed by atoms with Crippen molar-refractivity contribution in [3.05, 3.63) is 29.3 Å². The number of anilines is 1. The highest BCUT2D eigenvalue weighted by molar-refractivity contribution is 5.91. The molecule has 1 fully saturated rings. The number of carbonyl (C=O) groups is 1. The summed E-state index contributed by atoms with van der Waals surface area (Å²) in [6.45, 7) is 2.57. The lowest BCUT2D eigenvalue weighted by molar-refractivity contribution is -0.138. The van der Waals surface area contributed by atoms with Crippen molar-refractivity contribution in [1.82, 2.24) is 0 Å². The molecule has 0 bridgehead atoms. The van der Waals surface area contributed by atoms with Gasteiger partial charge in [0.05, 0.1) is 11.1 Å². The molecule has 6 heteroatoms. The molecule has 2 rings (SSSR count). The van der Waals surface area contributed by atoms with Crippen molar-refractivity contribution in [2.24, 2.45) is 0 Å². The number of carboxylic acid groups (broad SMARTS) is 1. The van der Waals surface area contributed by atoms with Gasteiger partial charge in [0.1, 0.15) is 0 Å². The Kier molecular flexibility index (Phi) is 4.44. The van der Waals surface area contributed by atoms with E-state index in [2.05, 4.69) is 0 Å². The zero-order valence-corrected chi connectivity index (χ0v) is 11.8. The molecule has 0 heterocycles. The van der Waals surface area contributed by atoms with E-state index in [4.69, 9.17) is 5.11 Å². The summed E-state index contributed by atoms with van der Waals surface area (Å²) >= 11 is 0. The second-order valence-corrected chi connectivity index (χ2v) is 5.26. The Morgan fingerprint density at radius 1 is 1.33 bits per heavy atom. The summed E-state index contributed by atoms with van der Waals surface area (Å²) in [5.41, 5.74) is -1.23. The second kappa shape index (κ2) is 5.95. The van der Waals surface area contributed by atoms with Crippen LogP contribution in [-0.4, -0.2) is 23.7 Å². The maximum absolute atomic E-state index is 12.8. The van der Waals surface area contributed by atoms with Crippen molar-refractivity contribution in [3.63, 3.8) is 0 Å². The van der Waals surface area contributed by atoms with E-state index in [1.807, 2.05) is 11.8 Å². The van der Waals surface area contributed by atoms with Gasteiger partial charge in [0.25, 0.3) is 0 Å². The summed E-state index contributed by atoms with van der Waals surface area (Å²) in [5, 5.41) is 9.05. The molecule has 0 unspecified atom stereocenters. The van der Waals surface area contributed by atoms with Gasteiger partial charge >= 0.3 is 12.1 Å². The van der Waals surface area contributed by atoms with Crippen LogP contribution < -0.4 is 4.90 Å². The van der Waals surface area contributed by atoms with E-state index in [0.717, 1.165) is 37.8 Å². The average Bonchev–Trinajstić information content (AvgIpc) is 2.92. The van der Waals surface area contributed by atoms with Crippen LogP contribution in [0.3, 0.4) is 0 Å². The second-order valence-electron chi connectivity index (χ2n) is 5.26. The summed E-state index contributed by atoms with van der Waals surface area (Å²) in [4.78, 5) is 13.1. The summed E-state index contributed by atoms with van der Waals surface area (Å²) in [6, 6.07) is 3.67. The van der Waals surface area contributed by atoms with E-state index in [1.165, 1.54) is 6.07 Å². The SMILES string of the molecule is CCN(c1ccc(C(F)(F)F)c(C(=O)O)c1)C1CCCC1. The predicted molar refractivity (Wildman–Crippen MR) is 73.7 cm³/mol. The fraction of sp³-hybridized carbons (Fsp3) is 0.533. The molecule has 0 amide bonds. The summed E-state index contributed by atoms with van der Waals surface area (Å²) < 4.78 is 38.5. The van der Waals surface area contributed by atoms with Crippen molar-refractivity contribution in [2.75, 3.05) is 11.4 Å². The molecule has 21 heavy (non-hydrogen) atoms. The normalized spacial score (nSPS) is 16.2. The minimum Gasteiger partial charge on any atom is -0.478 e. The monoisotopic (exact) mass is 301 g/mol. The van der Waals surface area contributed by atoms with E-state index in [0.29, 0.717) is 12.2 Å². The highest BCUT2D eigenvalue weighted by atomic mass is 19.4. The highest BCUT2D eigenvalue weighted by Crippen LogP contribution is 2.35. The van der Waals surface area contributed by atoms with Gasteiger partial charge in [0, 0.05) is 18.3 Å². The fourth-order valence-electron chi connectivity index (χ4n) is 3.00. The van der Waals surface area contributed by atoms with Gasteiger partial charge in [0.2, 0.25) is 0 Å². The van der Waals surface area contributed by atoms with Gasteiger partial charge in [-0.25, -0.2) is 4.79 Å². The summed E-state index contributed by atoms with van der Waals surface area (Å²) in [5.74, 6) is -1.55. The van der Waals surface area contributed by atoms with Crippen LogP contribution in [0.25, 0.3) is 0 Å². The van der Waals surface area contributed by atoms with Crippen LogP contribution in [0.4, 0.5) is 18.9 Å². The number of benzene rings is 1. The van der Waals surface area contributed by atoms with Crippen molar-refractivity contribution in [3.8, 4) is 0 Å². The lowest BCUT2D eigenvalue weighted by atomic mass is 10.0. The van der Waals surface area contributed by atoms with E-state index < -0.39 is 23.3 Å². The highest BCUT2D eigenvalue weighted by Gasteiger charge is 2.36. The van der Waals surface area contributed by atoms with E-state index in [9.17, 15) is 18.0 Å². The average molecular weight is 301 g/mol. The molecule has 0 saturated heterocycles. The Morgan fingerprint density at radius 3 is 2.43 bits per heavy atom. The van der Waals surface area contributed by atoms with E-state index in [1.54, 1.807) is 0 Å². The molecule has 0 atom stereocenters. The third kappa shape index (κ3) is 3.31. The molecule has 116 valence electrons. The van der Waals surface area contributed by atoms with Crippen LogP contribution in [0.15, 0.2) is 18.2 Å². The number of halogens is 3. The molecular weight excluding hydrogens is 283 g/mol. The number of alkyl halides is 3. The Hall–Kier alpha value is -1.72. The van der Waals surface area contributed by atoms with Gasteiger partial charge in [-0.05, 0) is 38.0 Å². The number of hydrogen-bond donors (Lipinski definition) is 1. The molecule has 1 N–H and O–H groups in total. The maximum atomic E-state index is 12.8. The standard InChI is InChI=1S/C15H18F3NO2/c1-2-19(10-5-3-4-6-10)11-7-8-13(15(16,17)18)12(9-11)14(20)21/h7-10H,2-6H2,1H3,(H,20,21). The van der Waals surface area contributed by atoms with Crippen LogP contribution in [0.1, 0.15) is 48.5 Å². The fourth-order valence-corrected chi connectivity index (χ4v) is 3.00. The van der Waals surface area contributed by atoms with Crippen molar-refractivity contribution < 1.29 is 23.1 Å². The maximum Gasteiger partial charge on any atom is 0.417 e. The third-order valence-electron chi connectivity index (χ3n) is 3.98. The quantitative estimate of drug-likeness (QED) is 0.907. The van der Waals surface area contributed by atoms with Crippen LogP contribution >= 0.6 is 0 Å². The van der Waals surface area contributed by atoms with Crippen LogP contribution in [0, 0.1) is 0 Å². The number of hydrogen-bond acceptors (Lipinski definition) is 2. The van der Waals surface area contributed by atoms with Gasteiger partial charge in [-0.2, -0.15) is 13.2 Å². The molecule has 1 saturated carbocycles. The first-order valence-electron chi connectivity index (χ1n) is 7.05. The van der Waals surface area contributed by atoms with E-state index in [-0.39, 0.29) is 6.04 Å². The van der Waals surface area contributed by atoms with Gasteiger partial charge in [-0.1, -0.05) is 12.8 Å². The lowest BCUT2D eigenvalue weighted by Gasteiger charge is -2.30. The number of rotatable bonds is 4. The topological polar surface area (TPSA) is 40.5 Å². The minimum atomic E-state index is -4.66. The molecular formula is C15H18F3NO2. The summed E-state index contributed by atoms with van der Waals surface area (Å²) in [6.07, 6.45) is -0.452. The first kappa shape index (κ1) is 15.7. The lowest BCUT2D eigenvalue weighted by Crippen LogP contribution is -2.33. The Bertz CT molecular complexity index is 522. The molecule has 0 spiro atoms. The largest absolute Gasteiger partial charge is 0.478 e. The first-order chi connectivity index (χ1) is 9.84. The minimum absolute atomic E-state index is 0.286. The van der Waals surface area contributed by atoms with Crippen molar-refractivity contribution in [2.45, 2.75) is 44.8 Å². The molecule has 1 aromatic carbocycles. The first-order valence-corrected chi connectivity index (χ1v) is 7.05. The van der Waals surface area contributed by atoms with Gasteiger partial charge < -0.3 is 10.0 Å². The molecule has 3 nitrogen and oxygen atoms in total. The number of aromatic carboxylic acids is 1. The van der Waals surface area contributed by atoms with Crippen LogP contribution in [0.2, 0.25) is 0 Å². The van der Waals surface area contributed by atoms with Gasteiger partial charge in [-0.3, -0.25) is 0 Å². The molecule has 1 aliphatic carbocycles. The van der Waals surface area contributed by atoms with E-state index >= 15 is 0 Å². The van der Waals surface area contributed by atoms with Crippen molar-refractivity contribution >= 4 is 11.7 Å².